The molecule has 0 saturated carbocycles. The molecule has 0 aromatic carbocycles. The highest BCUT2D eigenvalue weighted by molar-refractivity contribution is 7.09. The minimum Gasteiger partial charge on any atom is -0.407 e. The van der Waals surface area contributed by atoms with E-state index in [2.05, 4.69) is 19.2 Å². The predicted octanol–water partition coefficient (Wildman–Crippen LogP) is 1.52. The first kappa shape index (κ1) is 9.25. The summed E-state index contributed by atoms with van der Waals surface area (Å²) >= 11 is 1.67. The summed E-state index contributed by atoms with van der Waals surface area (Å²) in [5.74, 6) is 0. The van der Waals surface area contributed by atoms with E-state index >= 15 is 0 Å². The lowest BCUT2D eigenvalue weighted by atomic mass is 9.78. The van der Waals surface area contributed by atoms with Gasteiger partial charge in [0.2, 0.25) is 0 Å². The summed E-state index contributed by atoms with van der Waals surface area (Å²) in [6.45, 7) is 5.84. The molecule has 1 aromatic rings. The third-order valence-corrected chi connectivity index (χ3v) is 2.77. The van der Waals surface area contributed by atoms with Crippen molar-refractivity contribution in [3.05, 3.63) is 16.8 Å². The van der Waals surface area contributed by atoms with Gasteiger partial charge >= 0.3 is 7.12 Å². The van der Waals surface area contributed by atoms with Crippen LogP contribution >= 0.6 is 11.3 Å². The van der Waals surface area contributed by atoms with E-state index in [0.717, 1.165) is 18.7 Å². The highest BCUT2D eigenvalue weighted by atomic mass is 32.1. The van der Waals surface area contributed by atoms with Crippen molar-refractivity contribution < 1.29 is 9.31 Å². The van der Waals surface area contributed by atoms with Crippen molar-refractivity contribution in [3.8, 4) is 0 Å². The van der Waals surface area contributed by atoms with Gasteiger partial charge in [-0.1, -0.05) is 19.9 Å². The maximum atomic E-state index is 5.62. The zero-order chi connectivity index (χ0) is 9.31. The van der Waals surface area contributed by atoms with Gasteiger partial charge in [-0.2, -0.15) is 11.3 Å². The molecule has 2 heterocycles. The van der Waals surface area contributed by atoms with Crippen molar-refractivity contribution in [1.82, 2.24) is 0 Å². The third-order valence-electron chi connectivity index (χ3n) is 2.07. The Balaban J connectivity index is 1.99. The van der Waals surface area contributed by atoms with E-state index in [1.807, 2.05) is 11.4 Å². The normalized spacial score (nSPS) is 21.8. The van der Waals surface area contributed by atoms with Crippen molar-refractivity contribution in [2.75, 3.05) is 13.2 Å². The lowest BCUT2D eigenvalue weighted by Gasteiger charge is -2.32. The molecule has 0 aliphatic carbocycles. The monoisotopic (exact) mass is 196 g/mol. The van der Waals surface area contributed by atoms with Crippen LogP contribution in [0.5, 0.6) is 0 Å². The molecule has 1 saturated heterocycles. The molecular formula is C9H13BO2S. The SMILES string of the molecule is CC1(C)COB(c2ccsc2)OC1. The molecule has 1 aromatic heterocycles. The van der Waals surface area contributed by atoms with Crippen molar-refractivity contribution >= 4 is 23.9 Å². The second-order valence-corrected chi connectivity index (χ2v) is 4.95. The van der Waals surface area contributed by atoms with Gasteiger partial charge in [-0.25, -0.2) is 0 Å². The summed E-state index contributed by atoms with van der Waals surface area (Å²) in [7, 11) is -0.140. The molecule has 70 valence electrons. The number of rotatable bonds is 1. The van der Waals surface area contributed by atoms with Crippen LogP contribution in [-0.2, 0) is 9.31 Å². The first-order chi connectivity index (χ1) is 6.17. The van der Waals surface area contributed by atoms with Crippen LogP contribution in [-0.4, -0.2) is 20.3 Å². The van der Waals surface area contributed by atoms with Crippen molar-refractivity contribution in [3.63, 3.8) is 0 Å². The zero-order valence-corrected chi connectivity index (χ0v) is 8.76. The lowest BCUT2D eigenvalue weighted by molar-refractivity contribution is 0.0343. The number of hydrogen-bond acceptors (Lipinski definition) is 3. The van der Waals surface area contributed by atoms with Crippen LogP contribution in [0, 0.1) is 5.41 Å². The summed E-state index contributed by atoms with van der Waals surface area (Å²) in [5, 5.41) is 4.12. The molecule has 0 bridgehead atoms. The summed E-state index contributed by atoms with van der Waals surface area (Å²) < 4.78 is 11.2. The number of thiophene rings is 1. The molecule has 1 aliphatic rings. The van der Waals surface area contributed by atoms with Crippen molar-refractivity contribution in [2.24, 2.45) is 5.41 Å². The van der Waals surface area contributed by atoms with Crippen LogP contribution in [0.2, 0.25) is 0 Å². The Morgan fingerprint density at radius 2 is 2.08 bits per heavy atom. The van der Waals surface area contributed by atoms with E-state index in [0.29, 0.717) is 0 Å². The molecule has 0 spiro atoms. The Bertz CT molecular complexity index is 261. The molecule has 0 atom stereocenters. The summed E-state index contributed by atoms with van der Waals surface area (Å²) in [4.78, 5) is 0. The van der Waals surface area contributed by atoms with Gasteiger partial charge < -0.3 is 9.31 Å². The van der Waals surface area contributed by atoms with E-state index in [1.165, 1.54) is 0 Å². The average molecular weight is 196 g/mol. The molecule has 2 rings (SSSR count). The van der Waals surface area contributed by atoms with Gasteiger partial charge in [-0.05, 0) is 16.2 Å². The smallest absolute Gasteiger partial charge is 0.407 e. The fourth-order valence-electron chi connectivity index (χ4n) is 1.29. The van der Waals surface area contributed by atoms with Gasteiger partial charge in [0.25, 0.3) is 0 Å². The van der Waals surface area contributed by atoms with E-state index in [-0.39, 0.29) is 12.5 Å². The number of hydrogen-bond donors (Lipinski definition) is 0. The molecular weight excluding hydrogens is 183 g/mol. The Hall–Kier alpha value is -0.315. The highest BCUT2D eigenvalue weighted by Crippen LogP contribution is 2.21. The first-order valence-electron chi connectivity index (χ1n) is 4.43. The minimum absolute atomic E-state index is 0.140. The molecule has 0 radical (unpaired) electrons. The van der Waals surface area contributed by atoms with Crippen LogP contribution in [0.15, 0.2) is 16.8 Å². The lowest BCUT2D eigenvalue weighted by Crippen LogP contribution is -2.46. The third kappa shape index (κ3) is 2.13. The topological polar surface area (TPSA) is 18.5 Å². The summed E-state index contributed by atoms with van der Waals surface area (Å²) in [5.41, 5.74) is 1.30. The molecule has 4 heteroatoms. The van der Waals surface area contributed by atoms with Gasteiger partial charge in [-0.15, -0.1) is 0 Å². The second-order valence-electron chi connectivity index (χ2n) is 4.17. The molecule has 0 amide bonds. The van der Waals surface area contributed by atoms with Crippen LogP contribution in [0.1, 0.15) is 13.8 Å². The molecule has 1 aliphatic heterocycles. The maximum absolute atomic E-state index is 5.62. The Morgan fingerprint density at radius 1 is 1.38 bits per heavy atom. The fraction of sp³-hybridized carbons (Fsp3) is 0.556. The van der Waals surface area contributed by atoms with Crippen LogP contribution in [0.4, 0.5) is 0 Å². The van der Waals surface area contributed by atoms with Crippen LogP contribution < -0.4 is 5.46 Å². The van der Waals surface area contributed by atoms with E-state index < -0.39 is 0 Å². The van der Waals surface area contributed by atoms with Crippen LogP contribution in [0.3, 0.4) is 0 Å². The Labute approximate surface area is 83.0 Å². The fourth-order valence-corrected chi connectivity index (χ4v) is 1.95. The van der Waals surface area contributed by atoms with Crippen LogP contribution in [0.25, 0.3) is 0 Å². The largest absolute Gasteiger partial charge is 0.494 e. The quantitative estimate of drug-likeness (QED) is 0.634. The minimum atomic E-state index is -0.140. The van der Waals surface area contributed by atoms with E-state index in [9.17, 15) is 0 Å². The summed E-state index contributed by atoms with van der Waals surface area (Å²) in [6.07, 6.45) is 0. The molecule has 2 nitrogen and oxygen atoms in total. The molecule has 0 N–H and O–H groups in total. The van der Waals surface area contributed by atoms with Crippen molar-refractivity contribution in [1.29, 1.82) is 0 Å². The van der Waals surface area contributed by atoms with Gasteiger partial charge in [0, 0.05) is 18.6 Å². The van der Waals surface area contributed by atoms with Crippen molar-refractivity contribution in [2.45, 2.75) is 13.8 Å². The predicted molar refractivity (Wildman–Crippen MR) is 55.4 cm³/mol. The van der Waals surface area contributed by atoms with Gasteiger partial charge in [0.05, 0.1) is 0 Å². The molecule has 1 fully saturated rings. The van der Waals surface area contributed by atoms with Gasteiger partial charge in [-0.3, -0.25) is 0 Å². The first-order valence-corrected chi connectivity index (χ1v) is 5.37. The average Bonchev–Trinajstić information content (AvgIpc) is 2.56. The Morgan fingerprint density at radius 3 is 2.62 bits per heavy atom. The summed E-state index contributed by atoms with van der Waals surface area (Å²) in [6, 6.07) is 2.05. The Kier molecular flexibility index (Phi) is 2.45. The van der Waals surface area contributed by atoms with E-state index in [4.69, 9.17) is 9.31 Å². The zero-order valence-electron chi connectivity index (χ0n) is 7.95. The van der Waals surface area contributed by atoms with Gasteiger partial charge in [0.1, 0.15) is 0 Å². The van der Waals surface area contributed by atoms with E-state index in [1.54, 1.807) is 11.3 Å². The maximum Gasteiger partial charge on any atom is 0.494 e. The second kappa shape index (κ2) is 3.44. The highest BCUT2D eigenvalue weighted by Gasteiger charge is 2.33. The van der Waals surface area contributed by atoms with Gasteiger partial charge in [0.15, 0.2) is 0 Å². The molecule has 13 heavy (non-hydrogen) atoms. The standard InChI is InChI=1S/C9H13BO2S/c1-9(2)6-11-10(12-7-9)8-3-4-13-5-8/h3-5H,6-7H2,1-2H3. The molecule has 0 unspecified atom stereocenters.